The smallest absolute Gasteiger partial charge is 0.341 e. The first-order chi connectivity index (χ1) is 17.5. The predicted molar refractivity (Wildman–Crippen MR) is 149 cm³/mol. The van der Waals surface area contributed by atoms with Crippen LogP contribution in [0.15, 0.2) is 42.1 Å². The van der Waals surface area contributed by atoms with Crippen molar-refractivity contribution in [3.63, 3.8) is 0 Å². The molecule has 2 aromatic heterocycles. The molecule has 0 spiro atoms. The zero-order valence-corrected chi connectivity index (χ0v) is 23.8. The predicted octanol–water partition coefficient (Wildman–Crippen LogP) is 5.93. The molecule has 0 aliphatic carbocycles. The summed E-state index contributed by atoms with van der Waals surface area (Å²) in [4.78, 5) is 26.1. The van der Waals surface area contributed by atoms with Crippen LogP contribution in [0.25, 0.3) is 0 Å². The van der Waals surface area contributed by atoms with Crippen LogP contribution in [0.2, 0.25) is 0 Å². The van der Waals surface area contributed by atoms with Crippen molar-refractivity contribution in [2.75, 3.05) is 17.7 Å². The Morgan fingerprint density at radius 2 is 1.89 bits per heavy atom. The first kappa shape index (κ1) is 28.5. The Labute approximate surface area is 226 Å². The van der Waals surface area contributed by atoms with Crippen LogP contribution in [0.4, 0.5) is 5.00 Å². The van der Waals surface area contributed by atoms with E-state index in [0.717, 1.165) is 16.2 Å². The number of ether oxygens (including phenoxy) is 2. The van der Waals surface area contributed by atoms with Gasteiger partial charge in [0.25, 0.3) is 0 Å². The van der Waals surface area contributed by atoms with Gasteiger partial charge in [0.15, 0.2) is 11.0 Å². The van der Waals surface area contributed by atoms with Gasteiger partial charge in [-0.3, -0.25) is 9.36 Å². The molecule has 1 amide bonds. The molecule has 0 aliphatic rings. The lowest BCUT2D eigenvalue weighted by molar-refractivity contribution is -0.113. The zero-order chi connectivity index (χ0) is 27.2. The molecule has 37 heavy (non-hydrogen) atoms. The Hall–Kier alpha value is -3.11. The number of allylic oxidation sites excluding steroid dienone is 1. The van der Waals surface area contributed by atoms with Gasteiger partial charge in [0.05, 0.1) is 17.9 Å². The lowest BCUT2D eigenvalue weighted by Crippen LogP contribution is -2.17. The Kier molecular flexibility index (Phi) is 9.56. The van der Waals surface area contributed by atoms with Crippen LogP contribution >= 0.6 is 23.1 Å². The number of thioether (sulfide) groups is 1. The molecule has 0 unspecified atom stereocenters. The number of carbonyl (C=O) groups excluding carboxylic acids is 2. The number of hydrogen-bond donors (Lipinski definition) is 1. The number of hydrogen-bond acceptors (Lipinski definition) is 8. The Morgan fingerprint density at radius 1 is 1.19 bits per heavy atom. The number of esters is 1. The summed E-state index contributed by atoms with van der Waals surface area (Å²) >= 11 is 2.62. The largest absolute Gasteiger partial charge is 0.486 e. The molecule has 0 aliphatic heterocycles. The molecule has 0 atom stereocenters. The van der Waals surface area contributed by atoms with Crippen molar-refractivity contribution < 1.29 is 19.1 Å². The van der Waals surface area contributed by atoms with Crippen LogP contribution in [-0.2, 0) is 28.1 Å². The second kappa shape index (κ2) is 12.4. The van der Waals surface area contributed by atoms with Gasteiger partial charge in [0, 0.05) is 11.4 Å². The van der Waals surface area contributed by atoms with Gasteiger partial charge in [-0.1, -0.05) is 50.7 Å². The monoisotopic (exact) mass is 542 g/mol. The number of thiophene rings is 1. The summed E-state index contributed by atoms with van der Waals surface area (Å²) in [5.74, 6) is 0.797. The number of nitrogens with one attached hydrogen (secondary N) is 1. The summed E-state index contributed by atoms with van der Waals surface area (Å²) in [7, 11) is 0. The molecule has 198 valence electrons. The SMILES string of the molecule is C=CCn1c(COc2ccc(C(C)(C)C)cc2)nnc1SCC(=O)Nc1sc(C)c(C)c1C(=O)OCC. The minimum atomic E-state index is -0.435. The second-order valence-corrected chi connectivity index (χ2v) is 11.6. The van der Waals surface area contributed by atoms with E-state index in [-0.39, 0.29) is 30.3 Å². The third-order valence-corrected chi connectivity index (χ3v) is 7.73. The number of aryl methyl sites for hydroxylation is 1. The number of nitrogens with zero attached hydrogens (tertiary/aromatic N) is 3. The molecule has 1 N–H and O–H groups in total. The average molecular weight is 543 g/mol. The van der Waals surface area contributed by atoms with E-state index in [9.17, 15) is 9.59 Å². The van der Waals surface area contributed by atoms with Crippen LogP contribution in [0.5, 0.6) is 5.75 Å². The lowest BCUT2D eigenvalue weighted by Gasteiger charge is -2.19. The number of anilines is 1. The molecule has 1 aromatic carbocycles. The molecule has 0 fully saturated rings. The molecule has 0 saturated heterocycles. The fourth-order valence-electron chi connectivity index (χ4n) is 3.50. The van der Waals surface area contributed by atoms with Gasteiger partial charge in [-0.2, -0.15) is 0 Å². The van der Waals surface area contributed by atoms with Gasteiger partial charge in [0.1, 0.15) is 17.4 Å². The van der Waals surface area contributed by atoms with Crippen molar-refractivity contribution in [1.29, 1.82) is 0 Å². The molecule has 8 nitrogen and oxygen atoms in total. The zero-order valence-electron chi connectivity index (χ0n) is 22.2. The Balaban J connectivity index is 1.65. The molecule has 3 rings (SSSR count). The highest BCUT2D eigenvalue weighted by molar-refractivity contribution is 7.99. The molecule has 3 aromatic rings. The van der Waals surface area contributed by atoms with Gasteiger partial charge >= 0.3 is 5.97 Å². The third kappa shape index (κ3) is 7.23. The van der Waals surface area contributed by atoms with Crippen molar-refractivity contribution in [2.45, 2.75) is 65.3 Å². The summed E-state index contributed by atoms with van der Waals surface area (Å²) in [6.45, 7) is 16.8. The Bertz CT molecular complexity index is 1260. The number of benzene rings is 1. The van der Waals surface area contributed by atoms with E-state index in [2.05, 4.69) is 55.0 Å². The number of aromatic nitrogens is 3. The van der Waals surface area contributed by atoms with Gasteiger partial charge < -0.3 is 14.8 Å². The number of rotatable bonds is 11. The maximum absolute atomic E-state index is 12.7. The van der Waals surface area contributed by atoms with Crippen LogP contribution in [0, 0.1) is 13.8 Å². The summed E-state index contributed by atoms with van der Waals surface area (Å²) in [6, 6.07) is 8.03. The minimum absolute atomic E-state index is 0.0720. The first-order valence-electron chi connectivity index (χ1n) is 12.0. The van der Waals surface area contributed by atoms with Crippen molar-refractivity contribution in [2.24, 2.45) is 0 Å². The lowest BCUT2D eigenvalue weighted by atomic mass is 9.87. The highest BCUT2D eigenvalue weighted by Gasteiger charge is 2.22. The fourth-order valence-corrected chi connectivity index (χ4v) is 5.33. The summed E-state index contributed by atoms with van der Waals surface area (Å²) in [6.07, 6.45) is 1.75. The van der Waals surface area contributed by atoms with E-state index >= 15 is 0 Å². The topological polar surface area (TPSA) is 95.3 Å². The first-order valence-corrected chi connectivity index (χ1v) is 13.8. The summed E-state index contributed by atoms with van der Waals surface area (Å²) in [5.41, 5.74) is 2.53. The van der Waals surface area contributed by atoms with E-state index in [1.807, 2.05) is 30.5 Å². The minimum Gasteiger partial charge on any atom is -0.486 e. The van der Waals surface area contributed by atoms with Gasteiger partial charge in [-0.05, 0) is 49.4 Å². The highest BCUT2D eigenvalue weighted by Crippen LogP contribution is 2.33. The van der Waals surface area contributed by atoms with Crippen LogP contribution < -0.4 is 10.1 Å². The maximum atomic E-state index is 12.7. The molecular weight excluding hydrogens is 508 g/mol. The highest BCUT2D eigenvalue weighted by atomic mass is 32.2. The molecule has 10 heteroatoms. The van der Waals surface area contributed by atoms with E-state index in [1.165, 1.54) is 28.7 Å². The quantitative estimate of drug-likeness (QED) is 0.182. The normalized spacial score (nSPS) is 11.3. The second-order valence-electron chi connectivity index (χ2n) is 9.41. The standard InChI is InChI=1S/C27H34N4O4S2/c1-8-14-31-21(15-35-20-12-10-19(11-13-20)27(5,6)7)29-30-26(31)36-16-22(32)28-24-23(25(33)34-9-2)17(3)18(4)37-24/h8,10-13H,1,9,14-16H2,2-7H3,(H,28,32). The average Bonchev–Trinajstić information content (AvgIpc) is 3.35. The molecule has 0 saturated carbocycles. The van der Waals surface area contributed by atoms with Crippen molar-refractivity contribution >= 4 is 40.0 Å². The van der Waals surface area contributed by atoms with E-state index in [1.54, 1.807) is 13.0 Å². The van der Waals surface area contributed by atoms with Crippen LogP contribution in [0.1, 0.15) is 59.9 Å². The number of carbonyl (C=O) groups is 2. The number of amides is 1. The van der Waals surface area contributed by atoms with Crippen molar-refractivity contribution in [3.05, 3.63) is 64.3 Å². The fraction of sp³-hybridized carbons (Fsp3) is 0.407. The van der Waals surface area contributed by atoms with Crippen molar-refractivity contribution in [1.82, 2.24) is 14.8 Å². The van der Waals surface area contributed by atoms with E-state index < -0.39 is 5.97 Å². The molecular formula is C27H34N4O4S2. The van der Waals surface area contributed by atoms with Crippen molar-refractivity contribution in [3.8, 4) is 5.75 Å². The molecule has 0 radical (unpaired) electrons. The van der Waals surface area contributed by atoms with Gasteiger partial charge in [0.2, 0.25) is 5.91 Å². The summed E-state index contributed by atoms with van der Waals surface area (Å²) < 4.78 is 13.0. The van der Waals surface area contributed by atoms with E-state index in [4.69, 9.17) is 9.47 Å². The molecule has 0 bridgehead atoms. The van der Waals surface area contributed by atoms with Crippen LogP contribution in [0.3, 0.4) is 0 Å². The third-order valence-electron chi connectivity index (χ3n) is 5.64. The summed E-state index contributed by atoms with van der Waals surface area (Å²) in [5, 5.41) is 12.5. The van der Waals surface area contributed by atoms with Gasteiger partial charge in [-0.25, -0.2) is 4.79 Å². The maximum Gasteiger partial charge on any atom is 0.341 e. The molecule has 2 heterocycles. The Morgan fingerprint density at radius 3 is 2.51 bits per heavy atom. The van der Waals surface area contributed by atoms with Crippen LogP contribution in [-0.4, -0.2) is 39.0 Å². The van der Waals surface area contributed by atoms with E-state index in [0.29, 0.717) is 28.1 Å². The van der Waals surface area contributed by atoms with Gasteiger partial charge in [-0.15, -0.1) is 28.1 Å².